The first-order chi connectivity index (χ1) is 13.4. The van der Waals surface area contributed by atoms with Crippen molar-refractivity contribution < 1.29 is 13.2 Å². The highest BCUT2D eigenvalue weighted by Crippen LogP contribution is 2.33. The molecule has 0 amide bonds. The van der Waals surface area contributed by atoms with E-state index in [9.17, 15) is 13.2 Å². The molecule has 28 heavy (non-hydrogen) atoms. The van der Waals surface area contributed by atoms with Gasteiger partial charge in [0.1, 0.15) is 5.01 Å². The molecule has 148 valence electrons. The molecule has 8 heteroatoms. The summed E-state index contributed by atoms with van der Waals surface area (Å²) in [4.78, 5) is 9.12. The second-order valence-corrected chi connectivity index (χ2v) is 7.99. The van der Waals surface area contributed by atoms with Crippen LogP contribution in [0.15, 0.2) is 48.0 Å². The summed E-state index contributed by atoms with van der Waals surface area (Å²) < 4.78 is 39.0. The molecular weight excluding hydrogens is 403 g/mol. The van der Waals surface area contributed by atoms with E-state index in [0.717, 1.165) is 40.4 Å². The Kier molecular flexibility index (Phi) is 6.96. The van der Waals surface area contributed by atoms with Crippen molar-refractivity contribution in [3.63, 3.8) is 0 Å². The Hall–Kier alpha value is -2.06. The smallest absolute Gasteiger partial charge is 0.323 e. The van der Waals surface area contributed by atoms with Gasteiger partial charge >= 0.3 is 5.51 Å². The molecule has 0 fully saturated rings. The van der Waals surface area contributed by atoms with Gasteiger partial charge in [0.15, 0.2) is 0 Å². The molecule has 0 aliphatic heterocycles. The van der Waals surface area contributed by atoms with E-state index in [2.05, 4.69) is 27.7 Å². The van der Waals surface area contributed by atoms with Crippen molar-refractivity contribution >= 4 is 29.0 Å². The summed E-state index contributed by atoms with van der Waals surface area (Å²) in [5, 5.41) is 2.86. The molecule has 3 rings (SSSR count). The fraction of sp³-hybridized carbons (Fsp3) is 0.300. The molecule has 0 unspecified atom stereocenters. The van der Waals surface area contributed by atoms with Crippen LogP contribution in [0.1, 0.15) is 31.9 Å². The molecule has 3 nitrogen and oxygen atoms in total. The van der Waals surface area contributed by atoms with E-state index < -0.39 is 5.51 Å². The summed E-state index contributed by atoms with van der Waals surface area (Å²) >= 11 is 1.27. The third-order valence-corrected chi connectivity index (χ3v) is 5.53. The van der Waals surface area contributed by atoms with Crippen molar-refractivity contribution in [2.75, 3.05) is 4.72 Å². The van der Waals surface area contributed by atoms with Gasteiger partial charge < -0.3 is 4.72 Å². The van der Waals surface area contributed by atoms with E-state index >= 15 is 0 Å². The number of aromatic nitrogens is 2. The summed E-state index contributed by atoms with van der Waals surface area (Å²) in [7, 11) is 0. The Morgan fingerprint density at radius 1 is 1.07 bits per heavy atom. The molecule has 0 saturated heterocycles. The van der Waals surface area contributed by atoms with Crippen LogP contribution in [0.4, 0.5) is 18.9 Å². The van der Waals surface area contributed by atoms with E-state index in [-0.39, 0.29) is 11.9 Å². The van der Waals surface area contributed by atoms with Crippen LogP contribution in [-0.4, -0.2) is 15.5 Å². The SMILES string of the molecule is CCCCCc1cc(-c2nc(-c3ccc(NSC(F)(F)F)cc3)cs2)ccn1. The third-order valence-electron chi connectivity index (χ3n) is 4.07. The van der Waals surface area contributed by atoms with Gasteiger partial charge in [-0.05, 0) is 37.1 Å². The highest BCUT2D eigenvalue weighted by atomic mass is 32.2. The predicted octanol–water partition coefficient (Wildman–Crippen LogP) is 7.18. The molecule has 0 atom stereocenters. The van der Waals surface area contributed by atoms with Crippen molar-refractivity contribution in [3.05, 3.63) is 53.7 Å². The lowest BCUT2D eigenvalue weighted by molar-refractivity contribution is -0.0323. The van der Waals surface area contributed by atoms with E-state index in [4.69, 9.17) is 0 Å². The minimum Gasteiger partial charge on any atom is -0.323 e. The lowest BCUT2D eigenvalue weighted by Gasteiger charge is -2.08. The molecule has 1 aromatic carbocycles. The Morgan fingerprint density at radius 3 is 2.57 bits per heavy atom. The zero-order valence-corrected chi connectivity index (χ0v) is 16.9. The second-order valence-electron chi connectivity index (χ2n) is 6.26. The fourth-order valence-electron chi connectivity index (χ4n) is 2.67. The van der Waals surface area contributed by atoms with Crippen molar-refractivity contribution in [2.45, 2.75) is 38.1 Å². The van der Waals surface area contributed by atoms with Gasteiger partial charge in [0.25, 0.3) is 0 Å². The van der Waals surface area contributed by atoms with E-state index in [1.807, 2.05) is 17.6 Å². The number of rotatable bonds is 8. The van der Waals surface area contributed by atoms with Gasteiger partial charge in [0.2, 0.25) is 0 Å². The Bertz CT molecular complexity index is 892. The molecule has 0 aliphatic rings. The molecular formula is C20H20F3N3S2. The van der Waals surface area contributed by atoms with Crippen LogP contribution in [0.2, 0.25) is 0 Å². The average Bonchev–Trinajstić information content (AvgIpc) is 3.17. The number of alkyl halides is 3. The van der Waals surface area contributed by atoms with E-state index in [0.29, 0.717) is 5.69 Å². The van der Waals surface area contributed by atoms with Crippen LogP contribution in [0.25, 0.3) is 21.8 Å². The van der Waals surface area contributed by atoms with Crippen molar-refractivity contribution in [1.82, 2.24) is 9.97 Å². The van der Waals surface area contributed by atoms with Crippen LogP contribution in [0.3, 0.4) is 0 Å². The molecule has 0 aliphatic carbocycles. The molecule has 0 spiro atoms. The van der Waals surface area contributed by atoms with Gasteiger partial charge in [-0.25, -0.2) is 4.98 Å². The maximum Gasteiger partial charge on any atom is 0.461 e. The zero-order chi connectivity index (χ0) is 20.0. The number of anilines is 1. The highest BCUT2D eigenvalue weighted by molar-refractivity contribution is 8.01. The van der Waals surface area contributed by atoms with Gasteiger partial charge in [-0.15, -0.1) is 11.3 Å². The molecule has 0 bridgehead atoms. The quantitative estimate of drug-likeness (QED) is 0.307. The first kappa shape index (κ1) is 20.7. The standard InChI is InChI=1S/C20H20F3N3S2/c1-2-3-4-5-17-12-15(10-11-24-17)19-25-18(13-27-19)14-6-8-16(9-7-14)26-28-20(21,22)23/h6-13,26H,2-5H2,1H3. The van der Waals surface area contributed by atoms with Gasteiger partial charge in [0.05, 0.1) is 17.6 Å². The molecule has 3 aromatic rings. The van der Waals surface area contributed by atoms with Gasteiger partial charge in [-0.1, -0.05) is 31.9 Å². The zero-order valence-electron chi connectivity index (χ0n) is 15.3. The van der Waals surface area contributed by atoms with Crippen molar-refractivity contribution in [2.24, 2.45) is 0 Å². The average molecular weight is 424 g/mol. The third kappa shape index (κ3) is 5.97. The van der Waals surface area contributed by atoms with Crippen LogP contribution < -0.4 is 4.72 Å². The lowest BCUT2D eigenvalue weighted by atomic mass is 10.1. The number of pyridine rings is 1. The van der Waals surface area contributed by atoms with Crippen LogP contribution in [0, 0.1) is 0 Å². The number of benzene rings is 1. The number of nitrogens with one attached hydrogen (secondary N) is 1. The van der Waals surface area contributed by atoms with Crippen LogP contribution in [0.5, 0.6) is 0 Å². The molecule has 0 radical (unpaired) electrons. The first-order valence-corrected chi connectivity index (χ1v) is 10.7. The first-order valence-electron chi connectivity index (χ1n) is 8.96. The number of halogens is 3. The minimum atomic E-state index is -4.32. The fourth-order valence-corrected chi connectivity index (χ4v) is 3.86. The lowest BCUT2D eigenvalue weighted by Crippen LogP contribution is -2.04. The number of nitrogens with zero attached hydrogens (tertiary/aromatic N) is 2. The number of aryl methyl sites for hydroxylation is 1. The van der Waals surface area contributed by atoms with Gasteiger partial charge in [0, 0.05) is 34.1 Å². The maximum absolute atomic E-state index is 12.3. The second kappa shape index (κ2) is 9.43. The summed E-state index contributed by atoms with van der Waals surface area (Å²) in [6.45, 7) is 2.18. The monoisotopic (exact) mass is 423 g/mol. The van der Waals surface area contributed by atoms with E-state index in [1.54, 1.807) is 35.6 Å². The molecule has 0 saturated carbocycles. The Labute approximate surface area is 170 Å². The summed E-state index contributed by atoms with van der Waals surface area (Å²) in [6.07, 6.45) is 6.28. The predicted molar refractivity (Wildman–Crippen MR) is 111 cm³/mol. The summed E-state index contributed by atoms with van der Waals surface area (Å²) in [6, 6.07) is 10.8. The van der Waals surface area contributed by atoms with Crippen LogP contribution in [-0.2, 0) is 6.42 Å². The Morgan fingerprint density at radius 2 is 1.86 bits per heavy atom. The summed E-state index contributed by atoms with van der Waals surface area (Å²) in [5.41, 5.74) is -0.144. The van der Waals surface area contributed by atoms with Gasteiger partial charge in [-0.2, -0.15) is 13.2 Å². The number of hydrogen-bond donors (Lipinski definition) is 1. The highest BCUT2D eigenvalue weighted by Gasteiger charge is 2.28. The van der Waals surface area contributed by atoms with Gasteiger partial charge in [-0.3, -0.25) is 4.98 Å². The van der Waals surface area contributed by atoms with Crippen LogP contribution >= 0.6 is 23.3 Å². The molecule has 2 heterocycles. The minimum absolute atomic E-state index is 0.272. The number of unbranched alkanes of at least 4 members (excludes halogenated alkanes) is 2. The number of thiazole rings is 1. The Balaban J connectivity index is 1.69. The molecule has 2 aromatic heterocycles. The largest absolute Gasteiger partial charge is 0.461 e. The topological polar surface area (TPSA) is 37.8 Å². The van der Waals surface area contributed by atoms with Crippen molar-refractivity contribution in [3.8, 4) is 21.8 Å². The van der Waals surface area contributed by atoms with Crippen molar-refractivity contribution in [1.29, 1.82) is 0 Å². The normalized spacial score (nSPS) is 11.6. The maximum atomic E-state index is 12.3. The van der Waals surface area contributed by atoms with E-state index in [1.165, 1.54) is 12.8 Å². The number of hydrogen-bond acceptors (Lipinski definition) is 5. The summed E-state index contributed by atoms with van der Waals surface area (Å²) in [5.74, 6) is 0. The molecule has 1 N–H and O–H groups in total.